The van der Waals surface area contributed by atoms with Gasteiger partial charge in [-0.15, -0.1) is 0 Å². The van der Waals surface area contributed by atoms with Crippen molar-refractivity contribution >= 4 is 40.6 Å². The molecule has 1 saturated carbocycles. The molecule has 0 spiro atoms. The first-order chi connectivity index (χ1) is 20.4. The first-order valence-corrected chi connectivity index (χ1v) is 15.6. The summed E-state index contributed by atoms with van der Waals surface area (Å²) in [7, 11) is 0. The van der Waals surface area contributed by atoms with Crippen LogP contribution in [0.15, 0.2) is 30.9 Å². The Morgan fingerprint density at radius 2 is 1.95 bits per heavy atom. The number of hydrogen-bond acceptors (Lipinski definition) is 8. The number of hydrogen-bond donors (Lipinski definition) is 0. The molecule has 2 aromatic rings. The molecule has 6 rings (SSSR count). The van der Waals surface area contributed by atoms with Crippen LogP contribution in [0.5, 0.6) is 6.01 Å². The van der Waals surface area contributed by atoms with E-state index < -0.39 is 0 Å². The summed E-state index contributed by atoms with van der Waals surface area (Å²) < 4.78 is 6.40. The Morgan fingerprint density at radius 3 is 2.69 bits per heavy atom. The van der Waals surface area contributed by atoms with Crippen molar-refractivity contribution in [2.24, 2.45) is 5.41 Å². The standard InChI is InChI=1S/C31H37Cl2N7O2/c1-2-27(41)40-17-16-39(18-22(40)8-12-34)29-23-9-15-38(26-7-5-6-24(32)28(26)33)19-25(23)35-30(36-29)42-21-31(10-11-31)20-37-13-3-4-14-37/h2,5-7,22H,1,3-4,8-11,13-21H2. The summed E-state index contributed by atoms with van der Waals surface area (Å²) in [6.45, 7) is 10.6. The predicted octanol–water partition coefficient (Wildman–Crippen LogP) is 4.72. The van der Waals surface area contributed by atoms with Gasteiger partial charge in [0.25, 0.3) is 0 Å². The number of likely N-dealkylation sites (tertiary alicyclic amines) is 1. The second-order valence-electron chi connectivity index (χ2n) is 12.0. The Kier molecular flexibility index (Phi) is 8.49. The van der Waals surface area contributed by atoms with Crippen LogP contribution in [-0.4, -0.2) is 84.1 Å². The number of benzene rings is 1. The van der Waals surface area contributed by atoms with Crippen molar-refractivity contribution in [3.05, 3.63) is 52.2 Å². The number of carbonyl (C=O) groups is 1. The van der Waals surface area contributed by atoms with Crippen LogP contribution in [0.2, 0.25) is 10.0 Å². The van der Waals surface area contributed by atoms with E-state index >= 15 is 0 Å². The van der Waals surface area contributed by atoms with Crippen molar-refractivity contribution in [1.82, 2.24) is 19.8 Å². The number of ether oxygens (including phenoxy) is 1. The third kappa shape index (κ3) is 6.03. The van der Waals surface area contributed by atoms with Crippen molar-refractivity contribution in [3.63, 3.8) is 0 Å². The van der Waals surface area contributed by atoms with Gasteiger partial charge in [0.15, 0.2) is 0 Å². The minimum absolute atomic E-state index is 0.148. The lowest BCUT2D eigenvalue weighted by atomic mass is 10.0. The highest BCUT2D eigenvalue weighted by Crippen LogP contribution is 2.47. The van der Waals surface area contributed by atoms with E-state index in [0.717, 1.165) is 55.1 Å². The summed E-state index contributed by atoms with van der Waals surface area (Å²) in [5, 5.41) is 10.6. The molecular formula is C31H37Cl2N7O2. The van der Waals surface area contributed by atoms with Crippen molar-refractivity contribution in [1.29, 1.82) is 5.26 Å². The van der Waals surface area contributed by atoms with Crippen molar-refractivity contribution < 1.29 is 9.53 Å². The molecule has 0 radical (unpaired) electrons. The smallest absolute Gasteiger partial charge is 0.318 e. The average molecular weight is 611 g/mol. The van der Waals surface area contributed by atoms with Crippen LogP contribution in [0.3, 0.4) is 0 Å². The summed E-state index contributed by atoms with van der Waals surface area (Å²) in [6.07, 6.45) is 7.17. The minimum atomic E-state index is -0.246. The van der Waals surface area contributed by atoms with Crippen LogP contribution in [-0.2, 0) is 17.8 Å². The number of nitriles is 1. The van der Waals surface area contributed by atoms with E-state index in [0.29, 0.717) is 48.8 Å². The first kappa shape index (κ1) is 29.0. The molecule has 2 saturated heterocycles. The zero-order chi connectivity index (χ0) is 29.3. The van der Waals surface area contributed by atoms with Crippen LogP contribution in [0.25, 0.3) is 0 Å². The largest absolute Gasteiger partial charge is 0.463 e. The molecule has 1 unspecified atom stereocenters. The predicted molar refractivity (Wildman–Crippen MR) is 164 cm³/mol. The Morgan fingerprint density at radius 1 is 1.14 bits per heavy atom. The molecule has 1 amide bonds. The molecular weight excluding hydrogens is 573 g/mol. The topological polar surface area (TPSA) is 88.8 Å². The van der Waals surface area contributed by atoms with E-state index in [4.69, 9.17) is 37.9 Å². The van der Waals surface area contributed by atoms with Crippen molar-refractivity contribution in [2.45, 2.75) is 51.1 Å². The van der Waals surface area contributed by atoms with Gasteiger partial charge in [-0.2, -0.15) is 15.2 Å². The summed E-state index contributed by atoms with van der Waals surface area (Å²) in [4.78, 5) is 31.2. The fourth-order valence-corrected chi connectivity index (χ4v) is 6.96. The minimum Gasteiger partial charge on any atom is -0.463 e. The lowest BCUT2D eigenvalue weighted by Gasteiger charge is -2.42. The maximum Gasteiger partial charge on any atom is 0.318 e. The molecule has 0 bridgehead atoms. The summed E-state index contributed by atoms with van der Waals surface area (Å²) in [5.41, 5.74) is 3.04. The third-order valence-corrected chi connectivity index (χ3v) is 9.89. The molecule has 4 aliphatic rings. The molecule has 4 heterocycles. The van der Waals surface area contributed by atoms with Gasteiger partial charge < -0.3 is 24.3 Å². The number of fused-ring (bicyclic) bond motifs is 1. The number of nitrogens with zero attached hydrogens (tertiary/aromatic N) is 7. The Hall–Kier alpha value is -3.06. The van der Waals surface area contributed by atoms with E-state index in [2.05, 4.69) is 27.3 Å². The average Bonchev–Trinajstić information content (AvgIpc) is 3.58. The second-order valence-corrected chi connectivity index (χ2v) is 12.8. The highest BCUT2D eigenvalue weighted by Gasteiger charge is 2.45. The number of amides is 1. The highest BCUT2D eigenvalue weighted by molar-refractivity contribution is 6.43. The number of carbonyl (C=O) groups excluding carboxylic acids is 1. The van der Waals surface area contributed by atoms with Gasteiger partial charge in [-0.05, 0) is 63.4 Å². The number of anilines is 2. The van der Waals surface area contributed by atoms with Crippen LogP contribution < -0.4 is 14.5 Å². The monoisotopic (exact) mass is 609 g/mol. The van der Waals surface area contributed by atoms with Gasteiger partial charge in [0.1, 0.15) is 5.82 Å². The number of piperazine rings is 1. The van der Waals surface area contributed by atoms with E-state index in [-0.39, 0.29) is 23.8 Å². The number of rotatable bonds is 9. The highest BCUT2D eigenvalue weighted by atomic mass is 35.5. The lowest BCUT2D eigenvalue weighted by molar-refractivity contribution is -0.128. The quantitative estimate of drug-likeness (QED) is 0.377. The van der Waals surface area contributed by atoms with E-state index in [1.54, 1.807) is 11.0 Å². The number of halogens is 2. The van der Waals surface area contributed by atoms with Crippen molar-refractivity contribution in [2.75, 3.05) is 62.2 Å². The maximum absolute atomic E-state index is 12.5. The second kappa shape index (κ2) is 12.3. The molecule has 3 fully saturated rings. The van der Waals surface area contributed by atoms with E-state index in [9.17, 15) is 10.1 Å². The van der Waals surface area contributed by atoms with Gasteiger partial charge in [0.05, 0.1) is 53.1 Å². The molecule has 3 aliphatic heterocycles. The molecule has 1 aliphatic carbocycles. The van der Waals surface area contributed by atoms with Crippen molar-refractivity contribution in [3.8, 4) is 12.1 Å². The van der Waals surface area contributed by atoms with Gasteiger partial charge in [-0.1, -0.05) is 35.8 Å². The fourth-order valence-electron chi connectivity index (χ4n) is 6.55. The fraction of sp³-hybridized carbons (Fsp3) is 0.548. The van der Waals surface area contributed by atoms with Crippen LogP contribution in [0.4, 0.5) is 11.5 Å². The zero-order valence-electron chi connectivity index (χ0n) is 23.9. The number of aromatic nitrogens is 2. The molecule has 0 N–H and O–H groups in total. The normalized spacial score (nSPS) is 21.5. The van der Waals surface area contributed by atoms with Gasteiger partial charge >= 0.3 is 6.01 Å². The van der Waals surface area contributed by atoms with Gasteiger partial charge in [0, 0.05) is 43.7 Å². The summed E-state index contributed by atoms with van der Waals surface area (Å²) >= 11 is 13.0. The Balaban J connectivity index is 1.28. The molecule has 222 valence electrons. The summed E-state index contributed by atoms with van der Waals surface area (Å²) in [6, 6.07) is 8.08. The molecule has 42 heavy (non-hydrogen) atoms. The molecule has 1 aromatic heterocycles. The van der Waals surface area contributed by atoms with Gasteiger partial charge in [0.2, 0.25) is 5.91 Å². The first-order valence-electron chi connectivity index (χ1n) is 14.9. The third-order valence-electron chi connectivity index (χ3n) is 9.08. The summed E-state index contributed by atoms with van der Waals surface area (Å²) in [5.74, 6) is 0.690. The van der Waals surface area contributed by atoms with Crippen LogP contribution in [0, 0.1) is 16.7 Å². The van der Waals surface area contributed by atoms with E-state index in [1.807, 2.05) is 12.1 Å². The van der Waals surface area contributed by atoms with E-state index in [1.165, 1.54) is 32.0 Å². The molecule has 9 nitrogen and oxygen atoms in total. The maximum atomic E-state index is 12.5. The SMILES string of the molecule is C=CC(=O)N1CCN(c2nc(OCC3(CN4CCCC4)CC3)nc3c2CCN(c2cccc(Cl)c2Cl)C3)CC1CC#N. The van der Waals surface area contributed by atoms with Gasteiger partial charge in [-0.25, -0.2) is 0 Å². The Labute approximate surface area is 257 Å². The molecule has 1 atom stereocenters. The molecule has 11 heteroatoms. The lowest BCUT2D eigenvalue weighted by Crippen LogP contribution is -2.55. The van der Waals surface area contributed by atoms with Gasteiger partial charge in [-0.3, -0.25) is 4.79 Å². The van der Waals surface area contributed by atoms with Crippen LogP contribution >= 0.6 is 23.2 Å². The molecule has 1 aromatic carbocycles. The van der Waals surface area contributed by atoms with Crippen LogP contribution in [0.1, 0.15) is 43.4 Å². The Bertz CT molecular complexity index is 1390. The zero-order valence-corrected chi connectivity index (χ0v) is 25.4.